The second-order valence-electron chi connectivity index (χ2n) is 6.81. The molecule has 4 nitrogen and oxygen atoms in total. The SMILES string of the molecule is COc1cccc(-n2nc(C(C)(C)C)c3c2CCCC3=O)c1. The third kappa shape index (κ3) is 2.43. The van der Waals surface area contributed by atoms with Crippen LogP contribution in [-0.4, -0.2) is 22.7 Å². The first kappa shape index (κ1) is 14.8. The van der Waals surface area contributed by atoms with E-state index in [4.69, 9.17) is 9.84 Å². The molecule has 1 aromatic heterocycles. The Hall–Kier alpha value is -2.10. The van der Waals surface area contributed by atoms with Crippen molar-refractivity contribution in [2.45, 2.75) is 45.4 Å². The van der Waals surface area contributed by atoms with E-state index in [-0.39, 0.29) is 11.2 Å². The number of methoxy groups -OCH3 is 1. The third-order valence-corrected chi connectivity index (χ3v) is 4.09. The van der Waals surface area contributed by atoms with Crippen LogP contribution in [0, 0.1) is 0 Å². The van der Waals surface area contributed by atoms with Crippen molar-refractivity contribution in [3.63, 3.8) is 0 Å². The van der Waals surface area contributed by atoms with Crippen molar-refractivity contribution in [1.29, 1.82) is 0 Å². The van der Waals surface area contributed by atoms with Gasteiger partial charge in [0.15, 0.2) is 5.78 Å². The number of carbonyl (C=O) groups excluding carboxylic acids is 1. The Balaban J connectivity index is 2.22. The average Bonchev–Trinajstić information content (AvgIpc) is 2.88. The fraction of sp³-hybridized carbons (Fsp3) is 0.444. The van der Waals surface area contributed by atoms with Gasteiger partial charge in [0.05, 0.1) is 29.7 Å². The molecule has 4 heteroatoms. The number of hydrogen-bond donors (Lipinski definition) is 0. The van der Waals surface area contributed by atoms with Crippen molar-refractivity contribution < 1.29 is 9.53 Å². The molecule has 0 unspecified atom stereocenters. The molecule has 0 saturated heterocycles. The Morgan fingerprint density at radius 1 is 1.23 bits per heavy atom. The minimum Gasteiger partial charge on any atom is -0.497 e. The summed E-state index contributed by atoms with van der Waals surface area (Å²) in [6, 6.07) is 7.82. The Labute approximate surface area is 131 Å². The van der Waals surface area contributed by atoms with E-state index in [0.717, 1.165) is 41.2 Å². The molecule has 0 spiro atoms. The third-order valence-electron chi connectivity index (χ3n) is 4.09. The molecule has 0 radical (unpaired) electrons. The van der Waals surface area contributed by atoms with Crippen LogP contribution in [0.4, 0.5) is 0 Å². The number of hydrogen-bond acceptors (Lipinski definition) is 3. The zero-order valence-corrected chi connectivity index (χ0v) is 13.6. The minimum atomic E-state index is -0.152. The van der Waals surface area contributed by atoms with Gasteiger partial charge in [0.2, 0.25) is 0 Å². The number of Topliss-reactive ketones (excluding diaryl/α,β-unsaturated/α-hetero) is 1. The van der Waals surface area contributed by atoms with Crippen LogP contribution in [0.3, 0.4) is 0 Å². The molecular formula is C18H22N2O2. The van der Waals surface area contributed by atoms with Crippen LogP contribution < -0.4 is 4.74 Å². The number of nitrogens with zero attached hydrogens (tertiary/aromatic N) is 2. The summed E-state index contributed by atoms with van der Waals surface area (Å²) >= 11 is 0. The number of carbonyl (C=O) groups is 1. The molecule has 1 aromatic carbocycles. The summed E-state index contributed by atoms with van der Waals surface area (Å²) in [5.41, 5.74) is 3.56. The van der Waals surface area contributed by atoms with Crippen LogP contribution >= 0.6 is 0 Å². The summed E-state index contributed by atoms with van der Waals surface area (Å²) in [7, 11) is 1.65. The largest absolute Gasteiger partial charge is 0.497 e. The van der Waals surface area contributed by atoms with Gasteiger partial charge < -0.3 is 4.74 Å². The smallest absolute Gasteiger partial charge is 0.166 e. The van der Waals surface area contributed by atoms with Gasteiger partial charge >= 0.3 is 0 Å². The number of ketones is 1. The monoisotopic (exact) mass is 298 g/mol. The van der Waals surface area contributed by atoms with Crippen LogP contribution in [0.15, 0.2) is 24.3 Å². The Morgan fingerprint density at radius 3 is 2.68 bits per heavy atom. The van der Waals surface area contributed by atoms with Gasteiger partial charge in [-0.25, -0.2) is 4.68 Å². The van der Waals surface area contributed by atoms with Crippen molar-refractivity contribution in [1.82, 2.24) is 9.78 Å². The van der Waals surface area contributed by atoms with E-state index < -0.39 is 0 Å². The summed E-state index contributed by atoms with van der Waals surface area (Å²) in [5, 5.41) is 4.80. The molecule has 3 rings (SSSR count). The number of aromatic nitrogens is 2. The molecule has 0 N–H and O–H groups in total. The van der Waals surface area contributed by atoms with Crippen LogP contribution in [-0.2, 0) is 11.8 Å². The number of benzene rings is 1. The first-order valence-corrected chi connectivity index (χ1v) is 7.72. The molecule has 0 fully saturated rings. The maximum absolute atomic E-state index is 12.4. The average molecular weight is 298 g/mol. The maximum Gasteiger partial charge on any atom is 0.166 e. The molecular weight excluding hydrogens is 276 g/mol. The fourth-order valence-corrected chi connectivity index (χ4v) is 3.00. The van der Waals surface area contributed by atoms with E-state index in [9.17, 15) is 4.79 Å². The summed E-state index contributed by atoms with van der Waals surface area (Å²) < 4.78 is 7.23. The Bertz CT molecular complexity index is 723. The highest BCUT2D eigenvalue weighted by Crippen LogP contribution is 2.33. The lowest BCUT2D eigenvalue weighted by Gasteiger charge is -2.19. The maximum atomic E-state index is 12.4. The molecule has 22 heavy (non-hydrogen) atoms. The van der Waals surface area contributed by atoms with Crippen molar-refractivity contribution in [3.05, 3.63) is 41.2 Å². The van der Waals surface area contributed by atoms with Crippen molar-refractivity contribution in [2.24, 2.45) is 0 Å². The molecule has 0 saturated carbocycles. The van der Waals surface area contributed by atoms with Crippen molar-refractivity contribution in [3.8, 4) is 11.4 Å². The molecule has 0 amide bonds. The van der Waals surface area contributed by atoms with E-state index in [1.54, 1.807) is 7.11 Å². The van der Waals surface area contributed by atoms with Crippen molar-refractivity contribution >= 4 is 5.78 Å². The molecule has 0 bridgehead atoms. The molecule has 116 valence electrons. The molecule has 1 aliphatic carbocycles. The normalized spacial score (nSPS) is 14.8. The van der Waals surface area contributed by atoms with E-state index in [1.165, 1.54) is 0 Å². The summed E-state index contributed by atoms with van der Waals surface area (Å²) in [4.78, 5) is 12.4. The Kier molecular flexibility index (Phi) is 3.55. The van der Waals surface area contributed by atoms with E-state index >= 15 is 0 Å². The predicted octanol–water partition coefficient (Wildman–Crippen LogP) is 3.70. The zero-order chi connectivity index (χ0) is 15.9. The second-order valence-corrected chi connectivity index (χ2v) is 6.81. The standard InChI is InChI=1S/C18H22N2O2/c1-18(2,3)17-16-14(9-6-10-15(16)21)20(19-17)12-7-5-8-13(11-12)22-4/h5,7-8,11H,6,9-10H2,1-4H3. The van der Waals surface area contributed by atoms with E-state index in [0.29, 0.717) is 6.42 Å². The quantitative estimate of drug-likeness (QED) is 0.849. The van der Waals surface area contributed by atoms with Crippen LogP contribution in [0.5, 0.6) is 5.75 Å². The summed E-state index contributed by atoms with van der Waals surface area (Å²) in [5.74, 6) is 1.02. The highest BCUT2D eigenvalue weighted by atomic mass is 16.5. The van der Waals surface area contributed by atoms with Gasteiger partial charge in [-0.1, -0.05) is 26.8 Å². The van der Waals surface area contributed by atoms with Gasteiger partial charge in [-0.15, -0.1) is 0 Å². The van der Waals surface area contributed by atoms with Gasteiger partial charge in [-0.3, -0.25) is 4.79 Å². The van der Waals surface area contributed by atoms with E-state index in [1.807, 2.05) is 28.9 Å². The Morgan fingerprint density at radius 2 is 2.00 bits per heavy atom. The molecule has 1 aliphatic rings. The fourth-order valence-electron chi connectivity index (χ4n) is 3.00. The zero-order valence-electron chi connectivity index (χ0n) is 13.6. The van der Waals surface area contributed by atoms with Crippen LogP contribution in [0.1, 0.15) is 55.4 Å². The van der Waals surface area contributed by atoms with Gasteiger partial charge in [-0.2, -0.15) is 5.10 Å². The van der Waals surface area contributed by atoms with Gasteiger partial charge in [0.1, 0.15) is 5.75 Å². The molecule has 0 aliphatic heterocycles. The van der Waals surface area contributed by atoms with Crippen LogP contribution in [0.2, 0.25) is 0 Å². The van der Waals surface area contributed by atoms with Gasteiger partial charge in [0, 0.05) is 17.9 Å². The lowest BCUT2D eigenvalue weighted by Crippen LogP contribution is -2.19. The highest BCUT2D eigenvalue weighted by Gasteiger charge is 2.32. The first-order valence-electron chi connectivity index (χ1n) is 7.72. The first-order chi connectivity index (χ1) is 10.4. The van der Waals surface area contributed by atoms with E-state index in [2.05, 4.69) is 20.8 Å². The van der Waals surface area contributed by atoms with Crippen molar-refractivity contribution in [2.75, 3.05) is 7.11 Å². The number of fused-ring (bicyclic) bond motifs is 1. The lowest BCUT2D eigenvalue weighted by molar-refractivity contribution is 0.0970. The topological polar surface area (TPSA) is 44.1 Å². The lowest BCUT2D eigenvalue weighted by atomic mass is 9.84. The number of ether oxygens (including phenoxy) is 1. The minimum absolute atomic E-state index is 0.152. The van der Waals surface area contributed by atoms with Gasteiger partial charge in [0.25, 0.3) is 0 Å². The molecule has 0 atom stereocenters. The van der Waals surface area contributed by atoms with Crippen LogP contribution in [0.25, 0.3) is 5.69 Å². The molecule has 1 heterocycles. The van der Waals surface area contributed by atoms with Gasteiger partial charge in [-0.05, 0) is 25.0 Å². The molecule has 2 aromatic rings. The summed E-state index contributed by atoms with van der Waals surface area (Å²) in [6.07, 6.45) is 2.41. The summed E-state index contributed by atoms with van der Waals surface area (Å²) in [6.45, 7) is 6.31. The highest BCUT2D eigenvalue weighted by molar-refractivity contribution is 5.99. The predicted molar refractivity (Wildman–Crippen MR) is 86.1 cm³/mol. The number of rotatable bonds is 2. The second kappa shape index (κ2) is 5.27.